The second-order valence-corrected chi connectivity index (χ2v) is 11.3. The summed E-state index contributed by atoms with van der Waals surface area (Å²) in [4.78, 5) is 31.9. The summed E-state index contributed by atoms with van der Waals surface area (Å²) in [7, 11) is 0. The molecule has 1 N–H and O–H groups in total. The summed E-state index contributed by atoms with van der Waals surface area (Å²) < 4.78 is 19.4. The molecule has 1 aliphatic carbocycles. The minimum atomic E-state index is -1.09. The molecule has 2 aromatic heterocycles. The first-order chi connectivity index (χ1) is 16.9. The number of thiophene rings is 1. The molecular weight excluding hydrogens is 507 g/mol. The van der Waals surface area contributed by atoms with Gasteiger partial charge in [0.05, 0.1) is 17.3 Å². The van der Waals surface area contributed by atoms with Crippen LogP contribution in [0, 0.1) is 11.7 Å². The van der Waals surface area contributed by atoms with Crippen LogP contribution in [0.15, 0.2) is 58.1 Å². The molecule has 1 saturated heterocycles. The summed E-state index contributed by atoms with van der Waals surface area (Å²) in [6.07, 6.45) is 4.84. The molecule has 1 aliphatic heterocycles. The summed E-state index contributed by atoms with van der Waals surface area (Å²) >= 11 is 8.66. The van der Waals surface area contributed by atoms with Crippen molar-refractivity contribution in [2.75, 3.05) is 6.61 Å². The number of halogens is 2. The van der Waals surface area contributed by atoms with E-state index < -0.39 is 22.5 Å². The number of nitrogens with zero attached hydrogens (tertiary/aromatic N) is 1. The molecule has 3 aromatic rings. The minimum Gasteiger partial charge on any atom is -0.477 e. The van der Waals surface area contributed by atoms with E-state index in [-0.39, 0.29) is 17.2 Å². The maximum absolute atomic E-state index is 13.4. The first kappa shape index (κ1) is 24.3. The Morgan fingerprint density at radius 1 is 1.20 bits per heavy atom. The molecule has 0 bridgehead atoms. The number of hydrogen-bond donors (Lipinski definition) is 1. The highest BCUT2D eigenvalue weighted by Crippen LogP contribution is 2.41. The highest BCUT2D eigenvalue weighted by molar-refractivity contribution is 8.01. The lowest BCUT2D eigenvalue weighted by molar-refractivity contribution is -0.133. The number of piperidine rings is 1. The maximum Gasteiger partial charge on any atom is 0.242 e. The largest absolute Gasteiger partial charge is 0.477 e. The molecule has 1 amide bonds. The van der Waals surface area contributed by atoms with E-state index in [4.69, 9.17) is 21.3 Å². The molecule has 0 spiro atoms. The SMILES string of the molecule is O=C1CC(c2ccsc2)(c2cccc(OCC3CCCC3)n2)NC(=O)C1Sc1ccc(F)cc1Cl. The molecular formula is C26H24ClFN2O3S2. The number of pyridine rings is 1. The number of thioether (sulfide) groups is 1. The zero-order valence-electron chi connectivity index (χ0n) is 18.8. The second kappa shape index (κ2) is 10.3. The number of carbonyl (C=O) groups is 2. The highest BCUT2D eigenvalue weighted by atomic mass is 35.5. The molecule has 5 rings (SSSR count). The summed E-state index contributed by atoms with van der Waals surface area (Å²) in [6, 6.07) is 11.3. The van der Waals surface area contributed by atoms with Gasteiger partial charge < -0.3 is 10.1 Å². The van der Waals surface area contributed by atoms with E-state index in [2.05, 4.69) is 5.32 Å². The number of nitrogens with one attached hydrogen (secondary N) is 1. The molecule has 0 radical (unpaired) electrons. The Morgan fingerprint density at radius 3 is 2.74 bits per heavy atom. The lowest BCUT2D eigenvalue weighted by atomic mass is 9.79. The van der Waals surface area contributed by atoms with Gasteiger partial charge >= 0.3 is 0 Å². The fourth-order valence-corrected chi connectivity index (χ4v) is 6.72. The van der Waals surface area contributed by atoms with Gasteiger partial charge in [-0.15, -0.1) is 11.8 Å². The quantitative estimate of drug-likeness (QED) is 0.379. The molecule has 2 atom stereocenters. The molecule has 35 heavy (non-hydrogen) atoms. The molecule has 2 unspecified atom stereocenters. The van der Waals surface area contributed by atoms with E-state index in [0.29, 0.717) is 29.0 Å². The van der Waals surface area contributed by atoms with E-state index in [9.17, 15) is 14.0 Å². The first-order valence-electron chi connectivity index (χ1n) is 11.5. The third-order valence-corrected chi connectivity index (χ3v) is 8.99. The van der Waals surface area contributed by atoms with Gasteiger partial charge in [0.15, 0.2) is 5.78 Å². The van der Waals surface area contributed by atoms with Crippen molar-refractivity contribution >= 4 is 46.4 Å². The lowest BCUT2D eigenvalue weighted by Crippen LogP contribution is -2.58. The zero-order valence-corrected chi connectivity index (χ0v) is 21.2. The van der Waals surface area contributed by atoms with Gasteiger partial charge in [-0.05, 0) is 65.4 Å². The van der Waals surface area contributed by atoms with E-state index in [1.807, 2.05) is 29.0 Å². The molecule has 3 heterocycles. The summed E-state index contributed by atoms with van der Waals surface area (Å²) in [5.41, 5.74) is 0.266. The number of carbonyl (C=O) groups excluding carboxylic acids is 2. The second-order valence-electron chi connectivity index (χ2n) is 8.94. The predicted octanol–water partition coefficient (Wildman–Crippen LogP) is 6.00. The number of ketones is 1. The Labute approximate surface area is 216 Å². The average molecular weight is 531 g/mol. The zero-order chi connectivity index (χ0) is 24.4. The van der Waals surface area contributed by atoms with E-state index in [1.165, 1.54) is 55.2 Å². The van der Waals surface area contributed by atoms with Crippen LogP contribution >= 0.6 is 34.7 Å². The molecule has 5 nitrogen and oxygen atoms in total. The number of Topliss-reactive ketones (excluding diaryl/α,β-unsaturated/α-hetero) is 1. The highest BCUT2D eigenvalue weighted by Gasteiger charge is 2.48. The Hall–Kier alpha value is -2.42. The monoisotopic (exact) mass is 530 g/mol. The number of hydrogen-bond acceptors (Lipinski definition) is 6. The summed E-state index contributed by atoms with van der Waals surface area (Å²) in [5.74, 6) is -0.128. The maximum atomic E-state index is 13.4. The van der Waals surface area contributed by atoms with E-state index in [0.717, 1.165) is 17.3 Å². The summed E-state index contributed by atoms with van der Waals surface area (Å²) in [5, 5.41) is 6.10. The number of amides is 1. The van der Waals surface area contributed by atoms with Crippen LogP contribution in [0.1, 0.15) is 43.4 Å². The van der Waals surface area contributed by atoms with Gasteiger partial charge in [-0.2, -0.15) is 11.3 Å². The Bertz CT molecular complexity index is 1210. The number of rotatable bonds is 7. The first-order valence-corrected chi connectivity index (χ1v) is 13.7. The van der Waals surface area contributed by atoms with E-state index in [1.54, 1.807) is 6.07 Å². The van der Waals surface area contributed by atoms with Crippen LogP contribution in [-0.2, 0) is 15.1 Å². The smallest absolute Gasteiger partial charge is 0.242 e. The van der Waals surface area contributed by atoms with Crippen molar-refractivity contribution in [1.29, 1.82) is 0 Å². The fraction of sp³-hybridized carbons (Fsp3) is 0.346. The third-order valence-electron chi connectivity index (χ3n) is 6.56. The van der Waals surface area contributed by atoms with Gasteiger partial charge in [0.2, 0.25) is 11.8 Å². The molecule has 9 heteroatoms. The number of benzene rings is 1. The van der Waals surface area contributed by atoms with Crippen LogP contribution in [0.25, 0.3) is 0 Å². The van der Waals surface area contributed by atoms with Gasteiger partial charge in [-0.1, -0.05) is 30.5 Å². The Morgan fingerprint density at radius 2 is 2.03 bits per heavy atom. The standard InChI is InChI=1S/C26H24ClFN2O3S2/c27-19-12-18(28)8-9-21(19)35-24-20(31)13-26(30-25(24)32,17-10-11-34-15-17)22-6-3-7-23(29-22)33-14-16-4-1-2-5-16/h3,6-12,15-16,24H,1-2,4-5,13-14H2,(H,30,32). The lowest BCUT2D eigenvalue weighted by Gasteiger charge is -2.39. The molecule has 1 aromatic carbocycles. The summed E-state index contributed by atoms with van der Waals surface area (Å²) in [6.45, 7) is 0.615. The molecule has 2 fully saturated rings. The van der Waals surface area contributed by atoms with Crippen molar-refractivity contribution in [1.82, 2.24) is 10.3 Å². The normalized spacial score (nSPS) is 22.9. The van der Waals surface area contributed by atoms with Crippen molar-refractivity contribution in [3.63, 3.8) is 0 Å². The van der Waals surface area contributed by atoms with Crippen molar-refractivity contribution in [2.45, 2.75) is 47.8 Å². The van der Waals surface area contributed by atoms with Crippen LogP contribution in [0.2, 0.25) is 5.02 Å². The Balaban J connectivity index is 1.42. The molecule has 182 valence electrons. The average Bonchev–Trinajstić information content (AvgIpc) is 3.56. The van der Waals surface area contributed by atoms with Crippen LogP contribution < -0.4 is 10.1 Å². The predicted molar refractivity (Wildman–Crippen MR) is 136 cm³/mol. The molecule has 2 aliphatic rings. The van der Waals surface area contributed by atoms with Crippen LogP contribution in [-0.4, -0.2) is 28.5 Å². The number of aromatic nitrogens is 1. The fourth-order valence-electron chi connectivity index (χ4n) is 4.73. The number of ether oxygens (including phenoxy) is 1. The van der Waals surface area contributed by atoms with Gasteiger partial charge in [0.1, 0.15) is 16.6 Å². The van der Waals surface area contributed by atoms with Gasteiger partial charge in [-0.3, -0.25) is 9.59 Å². The van der Waals surface area contributed by atoms with Crippen LogP contribution in [0.5, 0.6) is 5.88 Å². The topological polar surface area (TPSA) is 68.3 Å². The van der Waals surface area contributed by atoms with Crippen molar-refractivity contribution in [3.8, 4) is 5.88 Å². The van der Waals surface area contributed by atoms with Gasteiger partial charge in [-0.25, -0.2) is 9.37 Å². The minimum absolute atomic E-state index is 0.0328. The van der Waals surface area contributed by atoms with E-state index >= 15 is 0 Å². The third kappa shape index (κ3) is 5.10. The Kier molecular flexibility index (Phi) is 7.14. The van der Waals surface area contributed by atoms with Gasteiger partial charge in [0, 0.05) is 17.4 Å². The van der Waals surface area contributed by atoms with Crippen molar-refractivity contribution in [2.24, 2.45) is 5.92 Å². The van der Waals surface area contributed by atoms with Crippen molar-refractivity contribution in [3.05, 3.63) is 75.3 Å². The van der Waals surface area contributed by atoms with Crippen LogP contribution in [0.3, 0.4) is 0 Å². The van der Waals surface area contributed by atoms with Crippen molar-refractivity contribution < 1.29 is 18.7 Å². The molecule has 1 saturated carbocycles. The van der Waals surface area contributed by atoms with Crippen LogP contribution in [0.4, 0.5) is 4.39 Å². The van der Waals surface area contributed by atoms with Gasteiger partial charge in [0.25, 0.3) is 0 Å².